The van der Waals surface area contributed by atoms with E-state index in [4.69, 9.17) is 5.26 Å². The molecule has 4 nitrogen and oxygen atoms in total. The van der Waals surface area contributed by atoms with Gasteiger partial charge in [0.25, 0.3) is 0 Å². The summed E-state index contributed by atoms with van der Waals surface area (Å²) in [5, 5.41) is 17.8. The number of alkyl halides is 2. The van der Waals surface area contributed by atoms with E-state index in [1.165, 1.54) is 0 Å². The van der Waals surface area contributed by atoms with Crippen molar-refractivity contribution in [1.82, 2.24) is 0 Å². The monoisotopic (exact) mass is 274 g/mol. The fourth-order valence-electron chi connectivity index (χ4n) is 1.81. The number of rotatable bonds is 8. The maximum Gasteiger partial charge on any atom is 0.349 e. The smallest absolute Gasteiger partial charge is 0.349 e. The third-order valence-electron chi connectivity index (χ3n) is 3.36. The number of hydrogen-bond donors (Lipinski definition) is 2. The highest BCUT2D eigenvalue weighted by Crippen LogP contribution is 2.49. The Morgan fingerprint density at radius 1 is 1.18 bits per heavy atom. The second-order valence-electron chi connectivity index (χ2n) is 4.19. The Labute approximate surface area is 104 Å². The SMILES string of the molecule is CCC(C)C(O)(C(C)CC)C(F)(F)SOOO. The molecule has 2 unspecified atom stereocenters. The Morgan fingerprint density at radius 2 is 1.59 bits per heavy atom. The lowest BCUT2D eigenvalue weighted by molar-refractivity contribution is -0.434. The molecule has 0 amide bonds. The summed E-state index contributed by atoms with van der Waals surface area (Å²) in [5.74, 6) is -1.25. The van der Waals surface area contributed by atoms with Gasteiger partial charge in [-0.05, 0) is 11.8 Å². The van der Waals surface area contributed by atoms with Gasteiger partial charge in [0, 0.05) is 0 Å². The van der Waals surface area contributed by atoms with E-state index in [-0.39, 0.29) is 12.0 Å². The average Bonchev–Trinajstić information content (AvgIpc) is 2.32. The quantitative estimate of drug-likeness (QED) is 0.403. The third kappa shape index (κ3) is 3.51. The summed E-state index contributed by atoms with van der Waals surface area (Å²) in [6.45, 7) is 6.56. The number of hydrogen-bond acceptors (Lipinski definition) is 5. The first-order chi connectivity index (χ1) is 7.77. The summed E-state index contributed by atoms with van der Waals surface area (Å²) in [4.78, 5) is 0. The highest BCUT2D eigenvalue weighted by atomic mass is 32.2. The van der Waals surface area contributed by atoms with Gasteiger partial charge in [0.05, 0.1) is 0 Å². The molecule has 7 heteroatoms. The first kappa shape index (κ1) is 17.1. The molecule has 0 spiro atoms. The standard InChI is InChI=1S/C10H20F2O4S/c1-5-7(3)9(13,8(4)6-2)10(11,12)17-16-15-14/h7-8,13-14H,5-6H2,1-4H3. The van der Waals surface area contributed by atoms with Gasteiger partial charge in [-0.2, -0.15) is 8.78 Å². The van der Waals surface area contributed by atoms with Crippen molar-refractivity contribution in [2.45, 2.75) is 51.4 Å². The van der Waals surface area contributed by atoms with Gasteiger partial charge in [0.2, 0.25) is 0 Å². The van der Waals surface area contributed by atoms with E-state index >= 15 is 0 Å². The van der Waals surface area contributed by atoms with E-state index in [1.807, 2.05) is 0 Å². The maximum atomic E-state index is 13.9. The molecule has 104 valence electrons. The maximum absolute atomic E-state index is 13.9. The lowest BCUT2D eigenvalue weighted by Crippen LogP contribution is -2.55. The van der Waals surface area contributed by atoms with E-state index in [1.54, 1.807) is 27.7 Å². The summed E-state index contributed by atoms with van der Waals surface area (Å²) in [6, 6.07) is 0. The zero-order valence-electron chi connectivity index (χ0n) is 10.4. The molecule has 0 heterocycles. The number of aliphatic hydroxyl groups is 1. The second kappa shape index (κ2) is 6.84. The lowest BCUT2D eigenvalue weighted by atomic mass is 9.76. The zero-order chi connectivity index (χ0) is 13.7. The van der Waals surface area contributed by atoms with Crippen LogP contribution in [0, 0.1) is 11.8 Å². The summed E-state index contributed by atoms with van der Waals surface area (Å²) >= 11 is -0.383. The van der Waals surface area contributed by atoms with Crippen LogP contribution < -0.4 is 0 Å². The Balaban J connectivity index is 5.14. The number of halogens is 2. The summed E-state index contributed by atoms with van der Waals surface area (Å²) in [7, 11) is 0. The van der Waals surface area contributed by atoms with E-state index in [9.17, 15) is 13.9 Å². The van der Waals surface area contributed by atoms with Crippen LogP contribution in [0.4, 0.5) is 8.78 Å². The molecule has 0 aromatic rings. The van der Waals surface area contributed by atoms with Crippen molar-refractivity contribution in [2.75, 3.05) is 0 Å². The van der Waals surface area contributed by atoms with Crippen LogP contribution in [0.15, 0.2) is 0 Å². The Morgan fingerprint density at radius 3 is 1.88 bits per heavy atom. The van der Waals surface area contributed by atoms with Gasteiger partial charge in [0.1, 0.15) is 17.6 Å². The largest absolute Gasteiger partial charge is 0.382 e. The summed E-state index contributed by atoms with van der Waals surface area (Å²) in [5.41, 5.74) is -2.22. The molecule has 0 aliphatic heterocycles. The van der Waals surface area contributed by atoms with Crippen molar-refractivity contribution >= 4 is 12.0 Å². The Kier molecular flexibility index (Phi) is 6.86. The second-order valence-corrected chi connectivity index (χ2v) is 5.00. The van der Waals surface area contributed by atoms with Crippen molar-refractivity contribution in [3.63, 3.8) is 0 Å². The lowest BCUT2D eigenvalue weighted by Gasteiger charge is -2.42. The molecular formula is C10H20F2O4S. The van der Waals surface area contributed by atoms with Crippen molar-refractivity contribution in [1.29, 1.82) is 0 Å². The third-order valence-corrected chi connectivity index (χ3v) is 4.03. The topological polar surface area (TPSA) is 58.9 Å². The molecule has 0 saturated carbocycles. The molecule has 0 fully saturated rings. The molecule has 2 atom stereocenters. The highest BCUT2D eigenvalue weighted by Gasteiger charge is 2.59. The van der Waals surface area contributed by atoms with Crippen LogP contribution in [0.3, 0.4) is 0 Å². The molecule has 0 saturated heterocycles. The fourth-order valence-corrected chi connectivity index (χ4v) is 2.46. The van der Waals surface area contributed by atoms with E-state index in [2.05, 4.69) is 9.37 Å². The highest BCUT2D eigenvalue weighted by molar-refractivity contribution is 7.95. The summed E-state index contributed by atoms with van der Waals surface area (Å²) in [6.07, 6.45) is 0.800. The van der Waals surface area contributed by atoms with Crippen LogP contribution >= 0.6 is 12.0 Å². The van der Waals surface area contributed by atoms with Crippen LogP contribution in [0.5, 0.6) is 0 Å². The average molecular weight is 274 g/mol. The molecule has 0 radical (unpaired) electrons. The minimum atomic E-state index is -3.58. The van der Waals surface area contributed by atoms with E-state index in [0.29, 0.717) is 12.8 Å². The molecule has 0 rings (SSSR count). The first-order valence-electron chi connectivity index (χ1n) is 5.53. The van der Waals surface area contributed by atoms with Gasteiger partial charge in [-0.25, -0.2) is 5.26 Å². The molecular weight excluding hydrogens is 254 g/mol. The molecule has 17 heavy (non-hydrogen) atoms. The van der Waals surface area contributed by atoms with E-state index in [0.717, 1.165) is 0 Å². The van der Waals surface area contributed by atoms with Crippen molar-refractivity contribution in [3.8, 4) is 0 Å². The van der Waals surface area contributed by atoms with Crippen molar-refractivity contribution < 1.29 is 28.5 Å². The minimum Gasteiger partial charge on any atom is -0.382 e. The van der Waals surface area contributed by atoms with Crippen LogP contribution in [0.1, 0.15) is 40.5 Å². The van der Waals surface area contributed by atoms with Crippen LogP contribution in [0.25, 0.3) is 0 Å². The predicted octanol–water partition coefficient (Wildman–Crippen LogP) is 3.47. The first-order valence-corrected chi connectivity index (χ1v) is 6.28. The Bertz CT molecular complexity index is 218. The fraction of sp³-hybridized carbons (Fsp3) is 1.00. The molecule has 2 N–H and O–H groups in total. The molecule has 0 aromatic carbocycles. The van der Waals surface area contributed by atoms with E-state index < -0.39 is 22.7 Å². The zero-order valence-corrected chi connectivity index (χ0v) is 11.3. The van der Waals surface area contributed by atoms with Gasteiger partial charge in [0.15, 0.2) is 0 Å². The predicted molar refractivity (Wildman–Crippen MR) is 61.2 cm³/mol. The van der Waals surface area contributed by atoms with Crippen LogP contribution in [-0.4, -0.2) is 21.2 Å². The van der Waals surface area contributed by atoms with Crippen LogP contribution in [0.2, 0.25) is 0 Å². The molecule has 0 bridgehead atoms. The summed E-state index contributed by atoms with van der Waals surface area (Å²) < 4.78 is 31.7. The normalized spacial score (nSPS) is 19.8. The molecule has 0 aliphatic carbocycles. The van der Waals surface area contributed by atoms with Gasteiger partial charge < -0.3 is 5.11 Å². The van der Waals surface area contributed by atoms with Gasteiger partial charge in [-0.15, -0.1) is 4.33 Å². The Hall–Kier alpha value is 0.0500. The molecule has 0 aliphatic rings. The van der Waals surface area contributed by atoms with Crippen molar-refractivity contribution in [2.24, 2.45) is 11.8 Å². The van der Waals surface area contributed by atoms with Gasteiger partial charge in [-0.1, -0.05) is 45.6 Å². The van der Waals surface area contributed by atoms with Crippen LogP contribution in [-0.2, 0) is 9.37 Å². The molecule has 0 aromatic heterocycles. The van der Waals surface area contributed by atoms with Crippen molar-refractivity contribution in [3.05, 3.63) is 0 Å². The van der Waals surface area contributed by atoms with Gasteiger partial charge >= 0.3 is 5.25 Å². The minimum absolute atomic E-state index is 0.383. The van der Waals surface area contributed by atoms with Gasteiger partial charge in [-0.3, -0.25) is 0 Å².